The number of aliphatic carboxylic acids is 1. The van der Waals surface area contributed by atoms with Gasteiger partial charge in [0.15, 0.2) is 16.9 Å². The number of ether oxygens (including phenoxy) is 1. The number of rotatable bonds is 7. The van der Waals surface area contributed by atoms with Crippen LogP contribution in [0, 0.1) is 0 Å². The molecular weight excluding hydrogens is 410 g/mol. The number of hydrogen-bond acceptors (Lipinski definition) is 10. The number of oxime groups is 1. The van der Waals surface area contributed by atoms with Gasteiger partial charge in [-0.05, 0) is 11.0 Å². The number of carboxylic acid groups (broad SMARTS) is 1. The van der Waals surface area contributed by atoms with Gasteiger partial charge in [-0.1, -0.05) is 5.16 Å². The number of aromatic nitrogens is 1. The molecule has 3 unspecified atom stereocenters. The van der Waals surface area contributed by atoms with Gasteiger partial charge in [0.05, 0.1) is 6.61 Å². The van der Waals surface area contributed by atoms with Crippen LogP contribution in [0.1, 0.15) is 5.69 Å². The molecule has 1 aromatic rings. The van der Waals surface area contributed by atoms with Crippen LogP contribution >= 0.6 is 23.1 Å². The lowest BCUT2D eigenvalue weighted by Crippen LogP contribution is -2.74. The molecule has 0 bridgehead atoms. The van der Waals surface area contributed by atoms with Crippen molar-refractivity contribution in [3.8, 4) is 0 Å². The van der Waals surface area contributed by atoms with Crippen LogP contribution in [-0.4, -0.2) is 76.8 Å². The smallest absolute Gasteiger partial charge is 0.330 e. The normalized spacial score (nSPS) is 24.1. The molecule has 0 saturated carbocycles. The van der Waals surface area contributed by atoms with Crippen LogP contribution in [0.2, 0.25) is 0 Å². The summed E-state index contributed by atoms with van der Waals surface area (Å²) < 4.78 is 5.01. The van der Waals surface area contributed by atoms with E-state index in [4.69, 9.17) is 15.3 Å². The van der Waals surface area contributed by atoms with E-state index in [1.807, 2.05) is 0 Å². The van der Waals surface area contributed by atoms with Crippen LogP contribution in [0.5, 0.6) is 0 Å². The fraction of sp³-hybridized carbons (Fsp3) is 0.400. The molecule has 11 nitrogen and oxygen atoms in total. The largest absolute Gasteiger partial charge is 0.479 e. The van der Waals surface area contributed by atoms with Gasteiger partial charge in [-0.15, -0.1) is 23.1 Å². The SMILES string of the molecule is COCC1=CSC2C(NC(=O)/C(=N\OC)c3csc(N)n3)C(=O)N2C1C(=O)O. The van der Waals surface area contributed by atoms with Gasteiger partial charge in [-0.25, -0.2) is 9.78 Å². The Balaban J connectivity index is 1.77. The number of anilines is 1. The quantitative estimate of drug-likeness (QED) is 0.295. The number of carbonyl (C=O) groups excluding carboxylic acids is 2. The van der Waals surface area contributed by atoms with Crippen molar-refractivity contribution < 1.29 is 29.1 Å². The highest BCUT2D eigenvalue weighted by atomic mass is 32.2. The molecule has 150 valence electrons. The van der Waals surface area contributed by atoms with E-state index in [1.54, 1.807) is 5.41 Å². The number of nitrogens with one attached hydrogen (secondary N) is 1. The lowest BCUT2D eigenvalue weighted by Gasteiger charge is -2.51. The summed E-state index contributed by atoms with van der Waals surface area (Å²) in [5.74, 6) is -2.34. The fourth-order valence-electron chi connectivity index (χ4n) is 2.90. The molecule has 4 N–H and O–H groups in total. The summed E-state index contributed by atoms with van der Waals surface area (Å²) in [5, 5.41) is 18.6. The van der Waals surface area contributed by atoms with Crippen molar-refractivity contribution in [2.24, 2.45) is 5.16 Å². The van der Waals surface area contributed by atoms with Crippen molar-refractivity contribution in [3.63, 3.8) is 0 Å². The van der Waals surface area contributed by atoms with Crippen molar-refractivity contribution in [1.82, 2.24) is 15.2 Å². The molecule has 13 heteroatoms. The number of hydrogen-bond donors (Lipinski definition) is 3. The number of carboxylic acids is 1. The van der Waals surface area contributed by atoms with E-state index in [0.717, 1.165) is 11.3 Å². The van der Waals surface area contributed by atoms with Crippen LogP contribution in [-0.2, 0) is 24.0 Å². The Morgan fingerprint density at radius 1 is 1.46 bits per heavy atom. The number of β-lactam (4-membered cyclic amide) rings is 1. The second-order valence-electron chi connectivity index (χ2n) is 5.78. The van der Waals surface area contributed by atoms with E-state index in [2.05, 4.69) is 15.5 Å². The summed E-state index contributed by atoms with van der Waals surface area (Å²) in [7, 11) is 2.72. The van der Waals surface area contributed by atoms with Crippen LogP contribution in [0.25, 0.3) is 0 Å². The van der Waals surface area contributed by atoms with Gasteiger partial charge in [-0.2, -0.15) is 0 Å². The maximum absolute atomic E-state index is 12.6. The zero-order valence-electron chi connectivity index (χ0n) is 14.8. The highest BCUT2D eigenvalue weighted by molar-refractivity contribution is 8.02. The summed E-state index contributed by atoms with van der Waals surface area (Å²) in [6.45, 7) is 0.0907. The third-order valence-electron chi connectivity index (χ3n) is 4.06. The van der Waals surface area contributed by atoms with E-state index < -0.39 is 35.2 Å². The molecule has 1 aromatic heterocycles. The molecule has 3 atom stereocenters. The van der Waals surface area contributed by atoms with Crippen molar-refractivity contribution in [2.45, 2.75) is 17.5 Å². The van der Waals surface area contributed by atoms with Crippen molar-refractivity contribution in [2.75, 3.05) is 26.6 Å². The summed E-state index contributed by atoms with van der Waals surface area (Å²) in [6, 6.07) is -2.03. The molecule has 0 aromatic carbocycles. The van der Waals surface area contributed by atoms with Crippen LogP contribution < -0.4 is 11.1 Å². The van der Waals surface area contributed by atoms with Crippen molar-refractivity contribution in [3.05, 3.63) is 22.1 Å². The number of thiazole rings is 1. The lowest BCUT2D eigenvalue weighted by atomic mass is 9.98. The van der Waals surface area contributed by atoms with Crippen LogP contribution in [0.4, 0.5) is 5.13 Å². The lowest BCUT2D eigenvalue weighted by molar-refractivity contribution is -0.160. The first kappa shape index (κ1) is 20.1. The second-order valence-corrected chi connectivity index (χ2v) is 7.66. The second kappa shape index (κ2) is 8.16. The number of nitrogens with two attached hydrogens (primary N) is 1. The molecule has 0 radical (unpaired) electrons. The molecule has 0 aliphatic carbocycles. The monoisotopic (exact) mass is 427 g/mol. The topological polar surface area (TPSA) is 156 Å². The van der Waals surface area contributed by atoms with Gasteiger partial charge < -0.3 is 30.6 Å². The van der Waals surface area contributed by atoms with Gasteiger partial charge >= 0.3 is 5.97 Å². The number of nitrogens with zero attached hydrogens (tertiary/aromatic N) is 3. The molecule has 0 spiro atoms. The van der Waals surface area contributed by atoms with Crippen LogP contribution in [0.15, 0.2) is 21.5 Å². The summed E-state index contributed by atoms with van der Waals surface area (Å²) in [5.41, 5.74) is 6.14. The van der Waals surface area contributed by atoms with E-state index in [9.17, 15) is 19.5 Å². The highest BCUT2D eigenvalue weighted by Gasteiger charge is 2.56. The Bertz CT molecular complexity index is 869. The zero-order chi connectivity index (χ0) is 20.4. The van der Waals surface area contributed by atoms with Gasteiger partial charge in [0.25, 0.3) is 5.91 Å². The fourth-order valence-corrected chi connectivity index (χ4v) is 4.65. The predicted molar refractivity (Wildman–Crippen MR) is 102 cm³/mol. The number of methoxy groups -OCH3 is 1. The van der Waals surface area contributed by atoms with Gasteiger partial charge in [-0.3, -0.25) is 9.59 Å². The van der Waals surface area contributed by atoms with Crippen LogP contribution in [0.3, 0.4) is 0 Å². The Labute approximate surface area is 167 Å². The van der Waals surface area contributed by atoms with Crippen molar-refractivity contribution in [1.29, 1.82) is 0 Å². The summed E-state index contributed by atoms with van der Waals surface area (Å²) in [4.78, 5) is 46.7. The zero-order valence-corrected chi connectivity index (χ0v) is 16.5. The average Bonchev–Trinajstić information content (AvgIpc) is 3.09. The average molecular weight is 427 g/mol. The Morgan fingerprint density at radius 3 is 2.79 bits per heavy atom. The van der Waals surface area contributed by atoms with Gasteiger partial charge in [0.2, 0.25) is 5.91 Å². The summed E-state index contributed by atoms with van der Waals surface area (Å²) in [6.07, 6.45) is 0. The molecule has 2 amide bonds. The number of nitrogen functional groups attached to an aromatic ring is 1. The number of carbonyl (C=O) groups is 3. The molecule has 3 heterocycles. The van der Waals surface area contributed by atoms with E-state index in [-0.39, 0.29) is 23.1 Å². The molecular formula is C15H17N5O6S2. The predicted octanol–water partition coefficient (Wildman–Crippen LogP) is -0.541. The number of thioether (sulfide) groups is 1. The number of amides is 2. The molecule has 2 aliphatic heterocycles. The molecule has 2 aliphatic rings. The van der Waals surface area contributed by atoms with E-state index >= 15 is 0 Å². The third kappa shape index (κ3) is 3.55. The minimum Gasteiger partial charge on any atom is -0.479 e. The first-order valence-electron chi connectivity index (χ1n) is 7.90. The first-order chi connectivity index (χ1) is 13.4. The van der Waals surface area contributed by atoms with E-state index in [1.165, 1.54) is 36.3 Å². The van der Waals surface area contributed by atoms with Crippen molar-refractivity contribution >= 4 is 51.7 Å². The first-order valence-corrected chi connectivity index (χ1v) is 9.73. The minimum absolute atomic E-state index is 0.0907. The molecule has 3 rings (SSSR count). The summed E-state index contributed by atoms with van der Waals surface area (Å²) >= 11 is 2.37. The minimum atomic E-state index is -1.16. The maximum Gasteiger partial charge on any atom is 0.330 e. The van der Waals surface area contributed by atoms with Gasteiger partial charge in [0.1, 0.15) is 24.2 Å². The Morgan fingerprint density at radius 2 is 2.21 bits per heavy atom. The Kier molecular flexibility index (Phi) is 5.86. The molecule has 1 saturated heterocycles. The number of fused-ring (bicyclic) bond motifs is 1. The Hall–Kier alpha value is -2.64. The standard InChI is InChI=1S/C15H17N5O6S2/c1-25-3-6-4-27-13-9(12(22)20(13)10(6)14(23)24)18-11(21)8(19-26-2)7-5-28-15(16)17-7/h4-5,9-10,13H,3H2,1-2H3,(H2,16,17)(H,18,21)(H,23,24)/b19-8-. The highest BCUT2D eigenvalue weighted by Crippen LogP contribution is 2.40. The maximum atomic E-state index is 12.6. The molecule has 28 heavy (non-hydrogen) atoms. The molecule has 1 fully saturated rings. The van der Waals surface area contributed by atoms with E-state index in [0.29, 0.717) is 5.57 Å². The third-order valence-corrected chi connectivity index (χ3v) is 5.95. The van der Waals surface area contributed by atoms with Gasteiger partial charge in [0, 0.05) is 12.5 Å².